The highest BCUT2D eigenvalue weighted by molar-refractivity contribution is 5.78. The lowest BCUT2D eigenvalue weighted by atomic mass is 9.91. The summed E-state index contributed by atoms with van der Waals surface area (Å²) < 4.78 is 0. The lowest BCUT2D eigenvalue weighted by molar-refractivity contribution is -0.136. The first kappa shape index (κ1) is 15.8. The molecular weight excluding hydrogens is 252 g/mol. The predicted molar refractivity (Wildman–Crippen MR) is 80.6 cm³/mol. The molecule has 0 heterocycles. The van der Waals surface area contributed by atoms with Gasteiger partial charge in [-0.1, -0.05) is 25.7 Å². The van der Waals surface area contributed by atoms with Gasteiger partial charge in [-0.25, -0.2) is 0 Å². The molecule has 1 amide bonds. The number of aliphatic hydroxyl groups is 1. The zero-order chi connectivity index (χ0) is 14.4. The average Bonchev–Trinajstić information content (AvgIpc) is 2.39. The molecule has 116 valence electrons. The molecular formula is C16H30N2O2. The predicted octanol–water partition coefficient (Wildman–Crippen LogP) is 2.01. The summed E-state index contributed by atoms with van der Waals surface area (Å²) in [7, 11) is 0. The topological polar surface area (TPSA) is 43.8 Å². The first-order valence-electron chi connectivity index (χ1n) is 8.40. The van der Waals surface area contributed by atoms with E-state index >= 15 is 0 Å². The first-order chi connectivity index (χ1) is 9.76. The summed E-state index contributed by atoms with van der Waals surface area (Å²) in [5, 5.41) is 9.20. The molecule has 4 nitrogen and oxygen atoms in total. The number of hydrogen-bond acceptors (Lipinski definition) is 3. The summed E-state index contributed by atoms with van der Waals surface area (Å²) in [5.74, 6) is 0.264. The van der Waals surface area contributed by atoms with Gasteiger partial charge in [-0.15, -0.1) is 0 Å². The monoisotopic (exact) mass is 282 g/mol. The molecule has 0 aromatic carbocycles. The van der Waals surface area contributed by atoms with Crippen LogP contribution < -0.4 is 0 Å². The number of hydrogen-bond donors (Lipinski definition) is 1. The van der Waals surface area contributed by atoms with Crippen molar-refractivity contribution in [2.75, 3.05) is 26.2 Å². The van der Waals surface area contributed by atoms with E-state index < -0.39 is 0 Å². The Kier molecular flexibility index (Phi) is 6.30. The second-order valence-electron chi connectivity index (χ2n) is 6.25. The zero-order valence-corrected chi connectivity index (χ0v) is 12.9. The Morgan fingerprint density at radius 3 is 2.20 bits per heavy atom. The van der Waals surface area contributed by atoms with Crippen LogP contribution in [0.15, 0.2) is 0 Å². The van der Waals surface area contributed by atoms with Gasteiger partial charge in [0.2, 0.25) is 5.91 Å². The summed E-state index contributed by atoms with van der Waals surface area (Å²) in [5.41, 5.74) is 0. The van der Waals surface area contributed by atoms with E-state index in [1.807, 2.05) is 0 Å². The highest BCUT2D eigenvalue weighted by Gasteiger charge is 2.29. The fraction of sp³-hybridized carbons (Fsp3) is 0.938. The van der Waals surface area contributed by atoms with Gasteiger partial charge in [0.15, 0.2) is 0 Å². The summed E-state index contributed by atoms with van der Waals surface area (Å²) in [6.07, 6.45) is 9.81. The van der Waals surface area contributed by atoms with E-state index in [4.69, 9.17) is 0 Å². The van der Waals surface area contributed by atoms with Crippen LogP contribution in [0.25, 0.3) is 0 Å². The number of rotatable bonds is 7. The number of amides is 1. The molecule has 20 heavy (non-hydrogen) atoms. The molecule has 0 aromatic heterocycles. The van der Waals surface area contributed by atoms with Crippen LogP contribution in [0.1, 0.15) is 58.3 Å². The highest BCUT2D eigenvalue weighted by atomic mass is 16.3. The lowest BCUT2D eigenvalue weighted by Crippen LogP contribution is -2.50. The maximum Gasteiger partial charge on any atom is 0.236 e. The average molecular weight is 282 g/mol. The second-order valence-corrected chi connectivity index (χ2v) is 6.25. The number of carbonyl (C=O) groups excluding carboxylic acids is 1. The van der Waals surface area contributed by atoms with Crippen LogP contribution in [0, 0.1) is 0 Å². The van der Waals surface area contributed by atoms with E-state index in [-0.39, 0.29) is 12.5 Å². The van der Waals surface area contributed by atoms with Crippen molar-refractivity contribution >= 4 is 5.91 Å². The fourth-order valence-corrected chi connectivity index (χ4v) is 3.57. The first-order valence-corrected chi connectivity index (χ1v) is 8.40. The second kappa shape index (κ2) is 7.99. The Balaban J connectivity index is 1.88. The molecule has 0 bridgehead atoms. The smallest absolute Gasteiger partial charge is 0.236 e. The molecule has 4 heteroatoms. The zero-order valence-electron chi connectivity index (χ0n) is 12.9. The van der Waals surface area contributed by atoms with Gasteiger partial charge in [-0.05, 0) is 32.6 Å². The Morgan fingerprint density at radius 1 is 1.05 bits per heavy atom. The molecule has 2 aliphatic carbocycles. The molecule has 0 unspecified atom stereocenters. The van der Waals surface area contributed by atoms with E-state index in [0.717, 1.165) is 6.54 Å². The molecule has 0 spiro atoms. The van der Waals surface area contributed by atoms with E-state index in [2.05, 4.69) is 16.7 Å². The van der Waals surface area contributed by atoms with E-state index in [9.17, 15) is 9.90 Å². The molecule has 0 atom stereocenters. The van der Waals surface area contributed by atoms with Gasteiger partial charge in [-0.3, -0.25) is 9.69 Å². The Hall–Kier alpha value is -0.610. The molecule has 2 aliphatic rings. The summed E-state index contributed by atoms with van der Waals surface area (Å²) >= 11 is 0. The minimum absolute atomic E-state index is 0.152. The largest absolute Gasteiger partial charge is 0.395 e. The van der Waals surface area contributed by atoms with Crippen molar-refractivity contribution in [3.05, 3.63) is 0 Å². The van der Waals surface area contributed by atoms with Crippen molar-refractivity contribution in [1.29, 1.82) is 0 Å². The van der Waals surface area contributed by atoms with Crippen molar-refractivity contribution in [2.24, 2.45) is 0 Å². The van der Waals surface area contributed by atoms with Crippen molar-refractivity contribution in [3.8, 4) is 0 Å². The van der Waals surface area contributed by atoms with E-state index in [1.165, 1.54) is 51.4 Å². The lowest BCUT2D eigenvalue weighted by Gasteiger charge is -2.39. The highest BCUT2D eigenvalue weighted by Crippen LogP contribution is 2.26. The van der Waals surface area contributed by atoms with E-state index in [0.29, 0.717) is 25.2 Å². The molecule has 0 saturated heterocycles. The molecule has 2 saturated carbocycles. The Morgan fingerprint density at radius 2 is 1.70 bits per heavy atom. The summed E-state index contributed by atoms with van der Waals surface area (Å²) in [6, 6.07) is 0.981. The third-order valence-corrected chi connectivity index (χ3v) is 4.99. The van der Waals surface area contributed by atoms with Gasteiger partial charge in [0.25, 0.3) is 0 Å². The molecule has 2 fully saturated rings. The molecule has 2 rings (SSSR count). The Labute approximate surface area is 123 Å². The van der Waals surface area contributed by atoms with Gasteiger partial charge >= 0.3 is 0 Å². The number of carbonyl (C=O) groups is 1. The van der Waals surface area contributed by atoms with Gasteiger partial charge < -0.3 is 10.0 Å². The number of likely N-dealkylation sites (N-methyl/N-ethyl adjacent to an activating group) is 1. The summed E-state index contributed by atoms with van der Waals surface area (Å²) in [6.45, 7) is 4.20. The van der Waals surface area contributed by atoms with Gasteiger partial charge in [-0.2, -0.15) is 0 Å². The van der Waals surface area contributed by atoms with Crippen LogP contribution in [0.5, 0.6) is 0 Å². The minimum Gasteiger partial charge on any atom is -0.395 e. The fourth-order valence-electron chi connectivity index (χ4n) is 3.57. The van der Waals surface area contributed by atoms with E-state index in [1.54, 1.807) is 0 Å². The number of nitrogens with zero attached hydrogens (tertiary/aromatic N) is 2. The van der Waals surface area contributed by atoms with Crippen molar-refractivity contribution < 1.29 is 9.90 Å². The minimum atomic E-state index is 0.152. The molecule has 0 aliphatic heterocycles. The molecule has 1 N–H and O–H groups in total. The quantitative estimate of drug-likeness (QED) is 0.777. The van der Waals surface area contributed by atoms with Gasteiger partial charge in [0.05, 0.1) is 13.2 Å². The van der Waals surface area contributed by atoms with Crippen LogP contribution >= 0.6 is 0 Å². The van der Waals surface area contributed by atoms with Crippen LogP contribution in [0.2, 0.25) is 0 Å². The molecule has 0 radical (unpaired) electrons. The maximum atomic E-state index is 12.6. The van der Waals surface area contributed by atoms with Crippen molar-refractivity contribution in [1.82, 2.24) is 9.80 Å². The molecule has 0 aromatic rings. The standard InChI is InChI=1S/C16H30N2O2/c1-2-18(15-7-4-3-5-8-15)16(20)13-17(11-12-19)14-9-6-10-14/h14-15,19H,2-13H2,1H3. The Bertz CT molecular complexity index is 299. The van der Waals surface area contributed by atoms with Gasteiger partial charge in [0, 0.05) is 25.2 Å². The third-order valence-electron chi connectivity index (χ3n) is 4.99. The van der Waals surface area contributed by atoms with Crippen LogP contribution in [0.3, 0.4) is 0 Å². The maximum absolute atomic E-state index is 12.6. The van der Waals surface area contributed by atoms with Crippen LogP contribution in [-0.2, 0) is 4.79 Å². The van der Waals surface area contributed by atoms with Crippen molar-refractivity contribution in [2.45, 2.75) is 70.4 Å². The van der Waals surface area contributed by atoms with Crippen LogP contribution in [0.4, 0.5) is 0 Å². The van der Waals surface area contributed by atoms with Crippen LogP contribution in [-0.4, -0.2) is 59.1 Å². The normalized spacial score (nSPS) is 20.9. The third kappa shape index (κ3) is 3.95. The van der Waals surface area contributed by atoms with Gasteiger partial charge in [0.1, 0.15) is 0 Å². The number of aliphatic hydroxyl groups excluding tert-OH is 1. The van der Waals surface area contributed by atoms with Crippen molar-refractivity contribution in [3.63, 3.8) is 0 Å². The summed E-state index contributed by atoms with van der Waals surface area (Å²) in [4.78, 5) is 16.9. The SMILES string of the molecule is CCN(C(=O)CN(CCO)C1CCC1)C1CCCCC1.